The Morgan fingerprint density at radius 3 is 2.67 bits per heavy atom. The molecule has 1 aliphatic rings. The number of rotatable bonds is 2. The van der Waals surface area contributed by atoms with Gasteiger partial charge in [0.2, 0.25) is 0 Å². The van der Waals surface area contributed by atoms with Gasteiger partial charge in [0.05, 0.1) is 18.1 Å². The fraction of sp³-hybridized carbons (Fsp3) is 0.429. The summed E-state index contributed by atoms with van der Waals surface area (Å²) in [5, 5.41) is 8.50. The van der Waals surface area contributed by atoms with Crippen LogP contribution in [0.15, 0.2) is 24.9 Å². The van der Waals surface area contributed by atoms with E-state index in [1.165, 1.54) is 19.3 Å². The minimum absolute atomic E-state index is 0.824. The summed E-state index contributed by atoms with van der Waals surface area (Å²) >= 11 is 0. The highest BCUT2D eigenvalue weighted by atomic mass is 15.3. The van der Waals surface area contributed by atoms with Crippen molar-refractivity contribution in [3.05, 3.63) is 24.9 Å². The van der Waals surface area contributed by atoms with E-state index in [9.17, 15) is 0 Å². The van der Waals surface area contributed by atoms with E-state index in [1.54, 1.807) is 15.5 Å². The zero-order valence-electron chi connectivity index (χ0n) is 12.0. The lowest BCUT2D eigenvalue weighted by Crippen LogP contribution is -2.30. The first-order valence-corrected chi connectivity index (χ1v) is 7.25. The predicted octanol–water partition coefficient (Wildman–Crippen LogP) is 1.52. The van der Waals surface area contributed by atoms with Gasteiger partial charge in [-0.15, -0.1) is 0 Å². The molecule has 0 N–H and O–H groups in total. The average Bonchev–Trinajstić information content (AvgIpc) is 3.15. The molecule has 3 aromatic rings. The Kier molecular flexibility index (Phi) is 2.83. The average molecular weight is 283 g/mol. The number of anilines is 1. The minimum atomic E-state index is 0.824. The fourth-order valence-electron chi connectivity index (χ4n) is 2.82. The molecular weight excluding hydrogens is 266 g/mol. The largest absolute Gasteiger partial charge is 0.353 e. The highest BCUT2D eigenvalue weighted by Crippen LogP contribution is 2.25. The summed E-state index contributed by atoms with van der Waals surface area (Å²) in [7, 11) is 1.91. The Bertz CT molecular complexity index is 767. The van der Waals surface area contributed by atoms with Crippen LogP contribution in [-0.2, 0) is 7.05 Å². The first-order valence-electron chi connectivity index (χ1n) is 7.25. The van der Waals surface area contributed by atoms with Crippen molar-refractivity contribution >= 4 is 11.5 Å². The molecule has 3 aromatic heterocycles. The summed E-state index contributed by atoms with van der Waals surface area (Å²) in [5.41, 5.74) is 2.69. The second-order valence-corrected chi connectivity index (χ2v) is 5.43. The zero-order valence-corrected chi connectivity index (χ0v) is 12.0. The SMILES string of the molecule is Cn1cc(-c2cn3ncnc3c(N3CCCCC3)n2)cn1. The van der Waals surface area contributed by atoms with Gasteiger partial charge in [0, 0.05) is 31.9 Å². The normalized spacial score (nSPS) is 15.8. The summed E-state index contributed by atoms with van der Waals surface area (Å²) in [5.74, 6) is 0.925. The van der Waals surface area contributed by atoms with Crippen LogP contribution in [0.4, 0.5) is 5.82 Å². The zero-order chi connectivity index (χ0) is 14.2. The maximum atomic E-state index is 4.83. The van der Waals surface area contributed by atoms with Crippen LogP contribution in [0.3, 0.4) is 0 Å². The van der Waals surface area contributed by atoms with Gasteiger partial charge in [-0.3, -0.25) is 4.68 Å². The van der Waals surface area contributed by atoms with Crippen LogP contribution >= 0.6 is 0 Å². The second-order valence-electron chi connectivity index (χ2n) is 5.43. The van der Waals surface area contributed by atoms with E-state index in [4.69, 9.17) is 4.98 Å². The third-order valence-corrected chi connectivity index (χ3v) is 3.90. The van der Waals surface area contributed by atoms with Crippen LogP contribution in [0.2, 0.25) is 0 Å². The molecule has 0 atom stereocenters. The lowest BCUT2D eigenvalue weighted by molar-refractivity contribution is 0.573. The molecule has 4 rings (SSSR count). The van der Waals surface area contributed by atoms with Crippen molar-refractivity contribution in [2.75, 3.05) is 18.0 Å². The molecule has 0 bridgehead atoms. The standard InChI is InChI=1S/C14H17N7/c1-19-8-11(7-16-19)12-9-21-13(15-10-17-21)14(18-12)20-5-3-2-4-6-20/h7-10H,2-6H2,1H3. The molecule has 1 saturated heterocycles. The van der Waals surface area contributed by atoms with Crippen molar-refractivity contribution in [3.8, 4) is 11.3 Å². The van der Waals surface area contributed by atoms with Crippen LogP contribution in [0.25, 0.3) is 16.9 Å². The van der Waals surface area contributed by atoms with Crippen molar-refractivity contribution in [3.63, 3.8) is 0 Å². The van der Waals surface area contributed by atoms with Gasteiger partial charge in [0.1, 0.15) is 6.33 Å². The highest BCUT2D eigenvalue weighted by Gasteiger charge is 2.18. The van der Waals surface area contributed by atoms with E-state index >= 15 is 0 Å². The van der Waals surface area contributed by atoms with Crippen molar-refractivity contribution in [2.45, 2.75) is 19.3 Å². The maximum absolute atomic E-state index is 4.83. The predicted molar refractivity (Wildman–Crippen MR) is 79.0 cm³/mol. The summed E-state index contributed by atoms with van der Waals surface area (Å²) in [6.07, 6.45) is 11.0. The minimum Gasteiger partial charge on any atom is -0.353 e. The summed E-state index contributed by atoms with van der Waals surface area (Å²) in [6, 6.07) is 0. The number of piperidine rings is 1. The molecular formula is C14H17N7. The molecule has 0 unspecified atom stereocenters. The molecule has 1 aliphatic heterocycles. The third kappa shape index (κ3) is 2.14. The van der Waals surface area contributed by atoms with Crippen LogP contribution in [-0.4, -0.2) is 42.5 Å². The monoisotopic (exact) mass is 283 g/mol. The number of aryl methyl sites for hydroxylation is 1. The fourth-order valence-corrected chi connectivity index (χ4v) is 2.82. The molecule has 0 aromatic carbocycles. The Morgan fingerprint density at radius 1 is 1.05 bits per heavy atom. The quantitative estimate of drug-likeness (QED) is 0.713. The molecule has 0 saturated carbocycles. The van der Waals surface area contributed by atoms with Gasteiger partial charge < -0.3 is 4.90 Å². The molecule has 7 heteroatoms. The van der Waals surface area contributed by atoms with Gasteiger partial charge in [-0.2, -0.15) is 10.2 Å². The molecule has 1 fully saturated rings. The molecule has 0 radical (unpaired) electrons. The van der Waals surface area contributed by atoms with Gasteiger partial charge >= 0.3 is 0 Å². The molecule has 7 nitrogen and oxygen atoms in total. The van der Waals surface area contributed by atoms with Gasteiger partial charge in [-0.05, 0) is 19.3 Å². The lowest BCUT2D eigenvalue weighted by atomic mass is 10.1. The van der Waals surface area contributed by atoms with E-state index in [0.717, 1.165) is 35.8 Å². The number of hydrogen-bond acceptors (Lipinski definition) is 5. The molecule has 21 heavy (non-hydrogen) atoms. The van der Waals surface area contributed by atoms with Crippen molar-refractivity contribution < 1.29 is 0 Å². The summed E-state index contributed by atoms with van der Waals surface area (Å²) in [4.78, 5) is 11.5. The number of nitrogens with zero attached hydrogens (tertiary/aromatic N) is 7. The Balaban J connectivity index is 1.85. The summed E-state index contributed by atoms with van der Waals surface area (Å²) in [6.45, 7) is 2.07. The van der Waals surface area contributed by atoms with Gasteiger partial charge in [-0.25, -0.2) is 14.5 Å². The molecule has 0 spiro atoms. The molecule has 4 heterocycles. The maximum Gasteiger partial charge on any atom is 0.198 e. The van der Waals surface area contributed by atoms with E-state index in [-0.39, 0.29) is 0 Å². The van der Waals surface area contributed by atoms with Gasteiger partial charge in [0.15, 0.2) is 11.5 Å². The topological polar surface area (TPSA) is 64.1 Å². The van der Waals surface area contributed by atoms with Crippen molar-refractivity contribution in [1.29, 1.82) is 0 Å². The third-order valence-electron chi connectivity index (χ3n) is 3.90. The van der Waals surface area contributed by atoms with E-state index in [2.05, 4.69) is 20.1 Å². The van der Waals surface area contributed by atoms with Crippen LogP contribution in [0, 0.1) is 0 Å². The Hall–Kier alpha value is -2.44. The summed E-state index contributed by atoms with van der Waals surface area (Å²) < 4.78 is 3.59. The van der Waals surface area contributed by atoms with E-state index < -0.39 is 0 Å². The number of fused-ring (bicyclic) bond motifs is 1. The molecule has 108 valence electrons. The van der Waals surface area contributed by atoms with Crippen molar-refractivity contribution in [1.82, 2.24) is 29.4 Å². The van der Waals surface area contributed by atoms with Crippen LogP contribution < -0.4 is 4.90 Å². The first-order chi connectivity index (χ1) is 10.3. The second kappa shape index (κ2) is 4.83. The first kappa shape index (κ1) is 12.3. The van der Waals surface area contributed by atoms with Crippen LogP contribution in [0.1, 0.15) is 19.3 Å². The van der Waals surface area contributed by atoms with Crippen molar-refractivity contribution in [2.24, 2.45) is 7.05 Å². The van der Waals surface area contributed by atoms with Crippen LogP contribution in [0.5, 0.6) is 0 Å². The molecule has 0 amide bonds. The number of aromatic nitrogens is 6. The van der Waals surface area contributed by atoms with Gasteiger partial charge in [-0.1, -0.05) is 0 Å². The van der Waals surface area contributed by atoms with Gasteiger partial charge in [0.25, 0.3) is 0 Å². The Morgan fingerprint density at radius 2 is 1.90 bits per heavy atom. The smallest absolute Gasteiger partial charge is 0.198 e. The molecule has 0 aliphatic carbocycles. The highest BCUT2D eigenvalue weighted by molar-refractivity contribution is 5.69. The van der Waals surface area contributed by atoms with E-state index in [1.807, 2.05) is 25.6 Å². The lowest BCUT2D eigenvalue weighted by Gasteiger charge is -2.27. The number of hydrogen-bond donors (Lipinski definition) is 0. The Labute approximate surface area is 122 Å². The van der Waals surface area contributed by atoms with E-state index in [0.29, 0.717) is 0 Å².